The van der Waals surface area contributed by atoms with Crippen LogP contribution >= 0.6 is 23.8 Å². The van der Waals surface area contributed by atoms with Crippen LogP contribution in [0.1, 0.15) is 62.8 Å². The molecule has 1 unspecified atom stereocenters. The minimum absolute atomic E-state index is 0.0405. The number of nitriles is 1. The summed E-state index contributed by atoms with van der Waals surface area (Å²) in [6.07, 6.45) is -0.891. The normalized spacial score (nSPS) is 20.8. The highest BCUT2D eigenvalue weighted by molar-refractivity contribution is 7.81. The number of aromatic nitrogens is 1. The molecule has 4 aliphatic rings. The molecule has 7 rings (SSSR count). The molecule has 4 fully saturated rings. The molecular formula is C41H43ClF3N9O5S. The molecule has 3 N–H and O–H groups in total. The Kier molecular flexibility index (Phi) is 12.3. The van der Waals surface area contributed by atoms with Crippen molar-refractivity contribution in [2.75, 3.05) is 59.8 Å². The molecule has 4 heterocycles. The number of aryl methyl sites for hydroxylation is 1. The monoisotopic (exact) mass is 865 g/mol. The van der Waals surface area contributed by atoms with Gasteiger partial charge in [0.15, 0.2) is 10.8 Å². The maximum Gasteiger partial charge on any atom is 0.419 e. The first kappa shape index (κ1) is 42.8. The highest BCUT2D eigenvalue weighted by Crippen LogP contribution is 2.49. The molecule has 316 valence electrons. The van der Waals surface area contributed by atoms with Gasteiger partial charge in [-0.25, -0.2) is 4.98 Å². The number of carbonyl (C=O) groups is 4. The average Bonchev–Trinajstić information content (AvgIpc) is 3.42. The van der Waals surface area contributed by atoms with Crippen molar-refractivity contribution in [1.29, 1.82) is 5.26 Å². The van der Waals surface area contributed by atoms with E-state index < -0.39 is 40.8 Å². The zero-order valence-electron chi connectivity index (χ0n) is 32.9. The Bertz CT molecular complexity index is 2270. The number of rotatable bonds is 12. The van der Waals surface area contributed by atoms with Gasteiger partial charge in [0, 0.05) is 60.7 Å². The lowest BCUT2D eigenvalue weighted by Gasteiger charge is -2.43. The number of benzene rings is 2. The Morgan fingerprint density at radius 2 is 1.88 bits per heavy atom. The van der Waals surface area contributed by atoms with E-state index >= 15 is 0 Å². The number of imide groups is 1. The minimum atomic E-state index is -4.85. The molecular weight excluding hydrogens is 823 g/mol. The lowest BCUT2D eigenvalue weighted by Crippen LogP contribution is -2.55. The van der Waals surface area contributed by atoms with Gasteiger partial charge >= 0.3 is 6.18 Å². The summed E-state index contributed by atoms with van der Waals surface area (Å²) in [5.41, 5.74) is -0.665. The van der Waals surface area contributed by atoms with E-state index in [1.54, 1.807) is 29.2 Å². The summed E-state index contributed by atoms with van der Waals surface area (Å²) < 4.78 is 47.7. The molecule has 19 heteroatoms. The van der Waals surface area contributed by atoms with Gasteiger partial charge in [-0.15, -0.1) is 0 Å². The standard InChI is InChI=1S/C41H43ClF3N9O5S/c1-3-25-15-29(54-39(60)53(38(58)40(54)9-4-10-40)30-19-31(41(43,44)45)33(20-46)47-21-30)5-7-34(25)59-14-13-51-11-12-52(24(2)22-51)23-36(56)49-28-17-26(42)16-27(18-28)48-32-6-8-35(55)50-37(32)57/h5,7,15-19,21,24,32,48H,3-4,6,8-14,22-23H2,1-2H3,(H,49,56)(H,50,55,57)/t24-,32?/m1/s1. The highest BCUT2D eigenvalue weighted by atomic mass is 35.5. The lowest BCUT2D eigenvalue weighted by atomic mass is 9.75. The molecule has 1 saturated carbocycles. The topological polar surface area (TPSA) is 163 Å². The zero-order valence-corrected chi connectivity index (χ0v) is 34.5. The molecule has 1 aliphatic carbocycles. The predicted octanol–water partition coefficient (Wildman–Crippen LogP) is 5.49. The van der Waals surface area contributed by atoms with Crippen molar-refractivity contribution in [3.63, 3.8) is 0 Å². The number of carbonyl (C=O) groups excluding carboxylic acids is 4. The third-order valence-electron chi connectivity index (χ3n) is 11.4. The van der Waals surface area contributed by atoms with E-state index in [1.807, 2.05) is 19.1 Å². The molecule has 3 aliphatic heterocycles. The summed E-state index contributed by atoms with van der Waals surface area (Å²) in [7, 11) is 0. The Morgan fingerprint density at radius 3 is 2.55 bits per heavy atom. The number of nitrogens with zero attached hydrogens (tertiary/aromatic N) is 6. The second-order valence-corrected chi connectivity index (χ2v) is 16.2. The fraction of sp³-hybridized carbons (Fsp3) is 0.439. The average molecular weight is 866 g/mol. The molecule has 3 aromatic rings. The molecule has 1 aromatic heterocycles. The van der Waals surface area contributed by atoms with E-state index in [1.165, 1.54) is 6.07 Å². The SMILES string of the molecule is CCc1cc(N2C(=S)N(c3cnc(C#N)c(C(F)(F)F)c3)C(=O)C23CCC3)ccc1OCCN1CCN(CC(=O)Nc2cc(Cl)cc(NC3CCC(=O)NC3=O)c2)[C@H](C)C1. The van der Waals surface area contributed by atoms with Crippen molar-refractivity contribution < 1.29 is 37.1 Å². The fourth-order valence-electron chi connectivity index (χ4n) is 8.17. The number of hydrogen-bond acceptors (Lipinski definition) is 11. The third kappa shape index (κ3) is 8.76. The van der Waals surface area contributed by atoms with Crippen LogP contribution < -0.4 is 30.5 Å². The van der Waals surface area contributed by atoms with Crippen LogP contribution in [-0.4, -0.2) is 100 Å². The predicted molar refractivity (Wildman–Crippen MR) is 222 cm³/mol. The van der Waals surface area contributed by atoms with Crippen LogP contribution in [0, 0.1) is 11.3 Å². The molecule has 4 amide bonds. The van der Waals surface area contributed by atoms with Crippen LogP contribution in [-0.2, 0) is 31.8 Å². The van der Waals surface area contributed by atoms with Gasteiger partial charge in [-0.3, -0.25) is 39.2 Å². The Hall–Kier alpha value is -5.35. The van der Waals surface area contributed by atoms with Gasteiger partial charge in [-0.1, -0.05) is 18.5 Å². The van der Waals surface area contributed by atoms with Crippen LogP contribution in [0.2, 0.25) is 5.02 Å². The number of piperazine rings is 1. The summed E-state index contributed by atoms with van der Waals surface area (Å²) in [4.78, 5) is 61.7. The largest absolute Gasteiger partial charge is 0.492 e. The van der Waals surface area contributed by atoms with E-state index in [0.29, 0.717) is 79.8 Å². The quantitative estimate of drug-likeness (QED) is 0.155. The number of anilines is 4. The fourth-order valence-corrected chi connectivity index (χ4v) is 8.87. The number of pyridine rings is 1. The number of halogens is 4. The van der Waals surface area contributed by atoms with E-state index in [-0.39, 0.29) is 41.6 Å². The maximum atomic E-state index is 13.9. The second kappa shape index (κ2) is 17.3. The maximum absolute atomic E-state index is 13.9. The lowest BCUT2D eigenvalue weighted by molar-refractivity contribution is -0.138. The van der Waals surface area contributed by atoms with Gasteiger partial charge in [0.2, 0.25) is 17.7 Å². The van der Waals surface area contributed by atoms with Gasteiger partial charge in [0.25, 0.3) is 5.91 Å². The van der Waals surface area contributed by atoms with Gasteiger partial charge in [0.05, 0.1) is 24.0 Å². The molecule has 60 heavy (non-hydrogen) atoms. The van der Waals surface area contributed by atoms with E-state index in [2.05, 4.69) is 37.7 Å². The van der Waals surface area contributed by atoms with Crippen molar-refractivity contribution in [2.24, 2.45) is 0 Å². The first-order valence-electron chi connectivity index (χ1n) is 19.7. The third-order valence-corrected chi connectivity index (χ3v) is 12.0. The molecule has 0 radical (unpaired) electrons. The minimum Gasteiger partial charge on any atom is -0.492 e. The highest BCUT2D eigenvalue weighted by Gasteiger charge is 2.60. The first-order valence-corrected chi connectivity index (χ1v) is 20.5. The van der Waals surface area contributed by atoms with E-state index in [0.717, 1.165) is 35.7 Å². The van der Waals surface area contributed by atoms with Gasteiger partial charge < -0.3 is 20.3 Å². The van der Waals surface area contributed by atoms with Crippen molar-refractivity contribution in [3.05, 3.63) is 70.5 Å². The number of thiocarbonyl (C=S) groups is 1. The van der Waals surface area contributed by atoms with Crippen LogP contribution in [0.5, 0.6) is 5.75 Å². The summed E-state index contributed by atoms with van der Waals surface area (Å²) >= 11 is 12.1. The van der Waals surface area contributed by atoms with Crippen molar-refractivity contribution in [3.8, 4) is 11.8 Å². The number of piperidine rings is 1. The summed E-state index contributed by atoms with van der Waals surface area (Å²) in [5.74, 6) is -0.684. The molecule has 2 atom stereocenters. The first-order chi connectivity index (χ1) is 28.6. The zero-order chi connectivity index (χ0) is 42.9. The number of hydrogen-bond donors (Lipinski definition) is 3. The smallest absolute Gasteiger partial charge is 0.419 e. The molecule has 2 aromatic carbocycles. The number of ether oxygens (including phenoxy) is 1. The van der Waals surface area contributed by atoms with E-state index in [4.69, 9.17) is 28.6 Å². The number of nitrogens with one attached hydrogen (secondary N) is 3. The van der Waals surface area contributed by atoms with Crippen molar-refractivity contribution in [1.82, 2.24) is 20.1 Å². The van der Waals surface area contributed by atoms with Gasteiger partial charge in [0.1, 0.15) is 30.0 Å². The molecule has 1 spiro atoms. The number of amides is 4. The summed E-state index contributed by atoms with van der Waals surface area (Å²) in [5, 5.41) is 18.0. The number of alkyl halides is 3. The molecule has 3 saturated heterocycles. The Labute approximate surface area is 355 Å². The van der Waals surface area contributed by atoms with Crippen LogP contribution in [0.3, 0.4) is 0 Å². The van der Waals surface area contributed by atoms with Crippen molar-refractivity contribution in [2.45, 2.75) is 76.2 Å². The van der Waals surface area contributed by atoms with Gasteiger partial charge in [-0.2, -0.15) is 18.4 Å². The molecule has 0 bridgehead atoms. The Balaban J connectivity index is 0.931. The Morgan fingerprint density at radius 1 is 1.12 bits per heavy atom. The molecule has 14 nitrogen and oxygen atoms in total. The summed E-state index contributed by atoms with van der Waals surface area (Å²) in [6.45, 7) is 7.34. The van der Waals surface area contributed by atoms with Crippen LogP contribution in [0.15, 0.2) is 48.7 Å². The second-order valence-electron chi connectivity index (χ2n) is 15.4. The van der Waals surface area contributed by atoms with Crippen LogP contribution in [0.4, 0.5) is 35.9 Å². The van der Waals surface area contributed by atoms with Crippen molar-refractivity contribution >= 4 is 75.3 Å². The van der Waals surface area contributed by atoms with Gasteiger partial charge in [-0.05, 0) is 99.3 Å². The van der Waals surface area contributed by atoms with E-state index in [9.17, 15) is 37.6 Å². The summed E-state index contributed by atoms with van der Waals surface area (Å²) in [6, 6.07) is 12.2. The van der Waals surface area contributed by atoms with Crippen LogP contribution in [0.25, 0.3) is 0 Å².